The summed E-state index contributed by atoms with van der Waals surface area (Å²) in [6, 6.07) is 5.63. The highest BCUT2D eigenvalue weighted by atomic mass is 35.5. The number of carbonyl (C=O) groups excluding carboxylic acids is 2. The molecule has 21 heavy (non-hydrogen) atoms. The molecular formula is C16H21ClN2O2. The number of hydrogen-bond acceptors (Lipinski definition) is 3. The Morgan fingerprint density at radius 3 is 2.67 bits per heavy atom. The molecule has 1 saturated heterocycles. The van der Waals surface area contributed by atoms with Crippen molar-refractivity contribution in [1.29, 1.82) is 0 Å². The van der Waals surface area contributed by atoms with Crippen molar-refractivity contribution in [3.05, 3.63) is 29.3 Å². The van der Waals surface area contributed by atoms with Gasteiger partial charge in [0.05, 0.1) is 6.54 Å². The molecule has 0 radical (unpaired) electrons. The summed E-state index contributed by atoms with van der Waals surface area (Å²) in [6.07, 6.45) is 4.92. The Morgan fingerprint density at radius 2 is 1.90 bits per heavy atom. The molecule has 2 heterocycles. The highest BCUT2D eigenvalue weighted by Gasteiger charge is 2.18. The Labute approximate surface area is 131 Å². The van der Waals surface area contributed by atoms with Gasteiger partial charge in [0.2, 0.25) is 5.91 Å². The summed E-state index contributed by atoms with van der Waals surface area (Å²) in [4.78, 5) is 25.9. The van der Waals surface area contributed by atoms with E-state index in [1.165, 1.54) is 19.3 Å². The van der Waals surface area contributed by atoms with Crippen LogP contribution in [0.5, 0.6) is 0 Å². The van der Waals surface area contributed by atoms with Gasteiger partial charge in [0.25, 0.3) is 0 Å². The van der Waals surface area contributed by atoms with Crippen molar-refractivity contribution in [2.75, 3.05) is 25.0 Å². The predicted molar refractivity (Wildman–Crippen MR) is 85.3 cm³/mol. The number of carbonyl (C=O) groups is 2. The van der Waals surface area contributed by atoms with E-state index in [4.69, 9.17) is 0 Å². The monoisotopic (exact) mass is 308 g/mol. The second-order valence-corrected chi connectivity index (χ2v) is 5.68. The van der Waals surface area contributed by atoms with Crippen molar-refractivity contribution < 1.29 is 9.59 Å². The van der Waals surface area contributed by atoms with Gasteiger partial charge < -0.3 is 5.32 Å². The Kier molecular flexibility index (Phi) is 5.37. The van der Waals surface area contributed by atoms with Crippen LogP contribution in [-0.4, -0.2) is 36.2 Å². The van der Waals surface area contributed by atoms with Crippen molar-refractivity contribution in [3.8, 4) is 0 Å². The number of ketones is 1. The number of piperidine rings is 1. The van der Waals surface area contributed by atoms with Crippen molar-refractivity contribution in [2.45, 2.75) is 32.1 Å². The lowest BCUT2D eigenvalue weighted by atomic mass is 9.98. The van der Waals surface area contributed by atoms with Crippen molar-refractivity contribution in [1.82, 2.24) is 4.90 Å². The Morgan fingerprint density at radius 1 is 1.14 bits per heavy atom. The van der Waals surface area contributed by atoms with E-state index in [0.717, 1.165) is 36.3 Å². The third kappa shape index (κ3) is 3.83. The molecule has 114 valence electrons. The van der Waals surface area contributed by atoms with Gasteiger partial charge in [0.15, 0.2) is 5.78 Å². The molecule has 5 heteroatoms. The van der Waals surface area contributed by atoms with Crippen LogP contribution < -0.4 is 5.32 Å². The summed E-state index contributed by atoms with van der Waals surface area (Å²) >= 11 is 0. The number of likely N-dealkylation sites (tertiary alicyclic amines) is 1. The van der Waals surface area contributed by atoms with E-state index in [1.54, 1.807) is 0 Å². The van der Waals surface area contributed by atoms with Crippen LogP contribution in [0.15, 0.2) is 18.2 Å². The van der Waals surface area contributed by atoms with Gasteiger partial charge in [-0.1, -0.05) is 6.42 Å². The van der Waals surface area contributed by atoms with Crippen LogP contribution in [0.1, 0.15) is 41.6 Å². The van der Waals surface area contributed by atoms with Crippen LogP contribution in [-0.2, 0) is 11.2 Å². The molecule has 0 unspecified atom stereocenters. The molecule has 0 bridgehead atoms. The summed E-state index contributed by atoms with van der Waals surface area (Å²) in [5, 5.41) is 2.85. The zero-order chi connectivity index (χ0) is 13.9. The topological polar surface area (TPSA) is 49.4 Å². The number of nitrogens with zero attached hydrogens (tertiary/aromatic N) is 1. The number of anilines is 1. The minimum Gasteiger partial charge on any atom is -0.326 e. The first-order valence-corrected chi connectivity index (χ1v) is 7.41. The molecule has 0 spiro atoms. The summed E-state index contributed by atoms with van der Waals surface area (Å²) in [5.74, 6) is 0.247. The van der Waals surface area contributed by atoms with E-state index in [-0.39, 0.29) is 24.1 Å². The summed E-state index contributed by atoms with van der Waals surface area (Å²) < 4.78 is 0. The second kappa shape index (κ2) is 7.05. The smallest absolute Gasteiger partial charge is 0.224 e. The number of hydrogen-bond donors (Lipinski definition) is 1. The van der Waals surface area contributed by atoms with Crippen LogP contribution in [0.25, 0.3) is 0 Å². The first-order valence-electron chi connectivity index (χ1n) is 7.41. The van der Waals surface area contributed by atoms with Crippen LogP contribution in [0.4, 0.5) is 5.69 Å². The van der Waals surface area contributed by atoms with E-state index in [1.807, 2.05) is 18.2 Å². The van der Waals surface area contributed by atoms with Crippen LogP contribution in [0.2, 0.25) is 0 Å². The predicted octanol–water partition coefficient (Wildman–Crippen LogP) is 2.66. The quantitative estimate of drug-likeness (QED) is 0.873. The fourth-order valence-electron chi connectivity index (χ4n) is 2.97. The molecule has 0 atom stereocenters. The maximum Gasteiger partial charge on any atom is 0.224 e. The fourth-order valence-corrected chi connectivity index (χ4v) is 2.97. The fraction of sp³-hybridized carbons (Fsp3) is 0.500. The zero-order valence-corrected chi connectivity index (χ0v) is 12.9. The van der Waals surface area contributed by atoms with E-state index < -0.39 is 0 Å². The maximum atomic E-state index is 12.3. The second-order valence-electron chi connectivity index (χ2n) is 5.68. The molecular weight excluding hydrogens is 288 g/mol. The molecule has 3 rings (SSSR count). The van der Waals surface area contributed by atoms with E-state index in [2.05, 4.69) is 10.2 Å². The van der Waals surface area contributed by atoms with Gasteiger partial charge in [-0.3, -0.25) is 14.5 Å². The van der Waals surface area contributed by atoms with Gasteiger partial charge in [0, 0.05) is 17.7 Å². The van der Waals surface area contributed by atoms with Crippen molar-refractivity contribution in [3.63, 3.8) is 0 Å². The molecule has 1 fully saturated rings. The van der Waals surface area contributed by atoms with Crippen LogP contribution >= 0.6 is 12.4 Å². The number of fused-ring (bicyclic) bond motifs is 1. The van der Waals surface area contributed by atoms with E-state index in [9.17, 15) is 9.59 Å². The molecule has 1 aromatic rings. The minimum absolute atomic E-state index is 0. The minimum atomic E-state index is 0. The largest absolute Gasteiger partial charge is 0.326 e. The molecule has 2 aliphatic heterocycles. The molecule has 1 aromatic carbocycles. The number of benzene rings is 1. The SMILES string of the molecule is Cl.O=C1CCc2cc(C(=O)CN3CCCCC3)ccc2N1. The van der Waals surface area contributed by atoms with Gasteiger partial charge in [-0.2, -0.15) is 0 Å². The standard InChI is InChI=1S/C16H20N2O2.ClH/c19-15(11-18-8-2-1-3-9-18)13-4-6-14-12(10-13)5-7-16(20)17-14;/h4,6,10H,1-3,5,7-9,11H2,(H,17,20);1H. The van der Waals surface area contributed by atoms with Gasteiger partial charge in [-0.05, 0) is 56.1 Å². The number of rotatable bonds is 3. The number of Topliss-reactive ketones (excluding diaryl/α,β-unsaturated/α-hetero) is 1. The number of halogens is 1. The lowest BCUT2D eigenvalue weighted by molar-refractivity contribution is -0.116. The van der Waals surface area contributed by atoms with Crippen LogP contribution in [0, 0.1) is 0 Å². The molecule has 1 amide bonds. The maximum absolute atomic E-state index is 12.3. The molecule has 1 N–H and O–H groups in total. The summed E-state index contributed by atoms with van der Waals surface area (Å²) in [5.41, 5.74) is 2.70. The lowest BCUT2D eigenvalue weighted by Crippen LogP contribution is -2.34. The molecule has 0 aliphatic carbocycles. The average Bonchev–Trinajstić information content (AvgIpc) is 2.47. The summed E-state index contributed by atoms with van der Waals surface area (Å²) in [6.45, 7) is 2.59. The first-order chi connectivity index (χ1) is 9.72. The third-order valence-corrected chi connectivity index (χ3v) is 4.14. The van der Waals surface area contributed by atoms with Gasteiger partial charge in [-0.25, -0.2) is 0 Å². The Balaban J connectivity index is 0.00000161. The highest BCUT2D eigenvalue weighted by Crippen LogP contribution is 2.24. The van der Waals surface area contributed by atoms with Crippen LogP contribution in [0.3, 0.4) is 0 Å². The summed E-state index contributed by atoms with van der Waals surface area (Å²) in [7, 11) is 0. The molecule has 2 aliphatic rings. The zero-order valence-electron chi connectivity index (χ0n) is 12.1. The average molecular weight is 309 g/mol. The molecule has 0 aromatic heterocycles. The normalized spacial score (nSPS) is 18.4. The number of nitrogens with one attached hydrogen (secondary N) is 1. The molecule has 0 saturated carbocycles. The van der Waals surface area contributed by atoms with Gasteiger partial charge in [-0.15, -0.1) is 12.4 Å². The Hall–Kier alpha value is -1.39. The van der Waals surface area contributed by atoms with Crippen molar-refractivity contribution >= 4 is 29.8 Å². The van der Waals surface area contributed by atoms with Crippen molar-refractivity contribution in [2.24, 2.45) is 0 Å². The lowest BCUT2D eigenvalue weighted by Gasteiger charge is -2.25. The number of aryl methyl sites for hydroxylation is 1. The molecule has 4 nitrogen and oxygen atoms in total. The third-order valence-electron chi connectivity index (χ3n) is 4.14. The first kappa shape index (κ1) is 16.0. The van der Waals surface area contributed by atoms with E-state index in [0.29, 0.717) is 13.0 Å². The number of amides is 1. The van der Waals surface area contributed by atoms with Gasteiger partial charge in [0.1, 0.15) is 0 Å². The highest BCUT2D eigenvalue weighted by molar-refractivity contribution is 6.00. The van der Waals surface area contributed by atoms with E-state index >= 15 is 0 Å². The Bertz CT molecular complexity index is 539. The van der Waals surface area contributed by atoms with Gasteiger partial charge >= 0.3 is 0 Å².